The number of carbonyl (C=O) groups is 1. The molecule has 0 fully saturated rings. The Balaban J connectivity index is 1.37. The van der Waals surface area contributed by atoms with Gasteiger partial charge in [0.1, 0.15) is 13.2 Å². The van der Waals surface area contributed by atoms with Crippen molar-refractivity contribution < 1.29 is 14.3 Å². The SMILES string of the molecule is Cc1nc(SCC(=O)Nc2ccc3c(c2)OCCO3)[nH]c(=O)c1Cc1ccccc1. The number of aromatic nitrogens is 2. The van der Waals surface area contributed by atoms with Crippen molar-refractivity contribution >= 4 is 23.4 Å². The van der Waals surface area contributed by atoms with E-state index >= 15 is 0 Å². The molecule has 1 aliphatic heterocycles. The minimum absolute atomic E-state index is 0.120. The lowest BCUT2D eigenvalue weighted by atomic mass is 10.1. The lowest BCUT2D eigenvalue weighted by Gasteiger charge is -2.19. The van der Waals surface area contributed by atoms with Crippen LogP contribution in [-0.2, 0) is 11.2 Å². The maximum absolute atomic E-state index is 12.5. The predicted octanol–water partition coefficient (Wildman–Crippen LogP) is 3.17. The molecular formula is C22H21N3O4S. The van der Waals surface area contributed by atoms with E-state index in [4.69, 9.17) is 9.47 Å². The van der Waals surface area contributed by atoms with Crippen LogP contribution in [0.3, 0.4) is 0 Å². The molecule has 2 N–H and O–H groups in total. The number of benzene rings is 2. The fourth-order valence-corrected chi connectivity index (χ4v) is 3.82. The minimum atomic E-state index is -0.203. The molecule has 0 unspecified atom stereocenters. The molecule has 0 spiro atoms. The molecule has 4 rings (SSSR count). The second-order valence-electron chi connectivity index (χ2n) is 6.79. The number of hydrogen-bond acceptors (Lipinski definition) is 6. The summed E-state index contributed by atoms with van der Waals surface area (Å²) >= 11 is 1.19. The summed E-state index contributed by atoms with van der Waals surface area (Å²) in [6.07, 6.45) is 0.518. The number of ether oxygens (including phenoxy) is 2. The van der Waals surface area contributed by atoms with E-state index in [-0.39, 0.29) is 17.2 Å². The van der Waals surface area contributed by atoms with E-state index in [9.17, 15) is 9.59 Å². The highest BCUT2D eigenvalue weighted by Crippen LogP contribution is 2.32. The van der Waals surface area contributed by atoms with E-state index in [0.717, 1.165) is 5.56 Å². The van der Waals surface area contributed by atoms with Gasteiger partial charge in [-0.3, -0.25) is 9.59 Å². The van der Waals surface area contributed by atoms with Crippen molar-refractivity contribution in [1.82, 2.24) is 9.97 Å². The largest absolute Gasteiger partial charge is 0.486 e. The van der Waals surface area contributed by atoms with Crippen LogP contribution < -0.4 is 20.3 Å². The molecule has 0 radical (unpaired) electrons. The first-order valence-electron chi connectivity index (χ1n) is 9.54. The Morgan fingerprint density at radius 3 is 2.67 bits per heavy atom. The number of aromatic amines is 1. The first kappa shape index (κ1) is 20.0. The van der Waals surface area contributed by atoms with E-state index < -0.39 is 0 Å². The average Bonchev–Trinajstić information content (AvgIpc) is 2.75. The molecular weight excluding hydrogens is 402 g/mol. The zero-order chi connectivity index (χ0) is 20.9. The first-order valence-corrected chi connectivity index (χ1v) is 10.5. The summed E-state index contributed by atoms with van der Waals surface area (Å²) in [5, 5.41) is 3.24. The third kappa shape index (κ3) is 4.83. The van der Waals surface area contributed by atoms with Crippen molar-refractivity contribution in [1.29, 1.82) is 0 Å². The Hall–Kier alpha value is -3.26. The van der Waals surface area contributed by atoms with Crippen LogP contribution in [0, 0.1) is 6.92 Å². The maximum atomic E-state index is 12.5. The standard InChI is InChI=1S/C22H21N3O4S/c1-14-17(11-15-5-3-2-4-6-15)21(27)25-22(23-14)30-13-20(26)24-16-7-8-18-19(12-16)29-10-9-28-18/h2-8,12H,9-11,13H2,1H3,(H,24,26)(H,23,25,27). The van der Waals surface area contributed by atoms with Crippen molar-refractivity contribution in [3.05, 3.63) is 75.7 Å². The maximum Gasteiger partial charge on any atom is 0.255 e. The summed E-state index contributed by atoms with van der Waals surface area (Å²) in [4.78, 5) is 32.0. The summed E-state index contributed by atoms with van der Waals surface area (Å²) in [5.41, 5.74) is 2.79. The molecule has 1 amide bonds. The van der Waals surface area contributed by atoms with Crippen LogP contribution in [0.4, 0.5) is 5.69 Å². The summed E-state index contributed by atoms with van der Waals surface area (Å²) in [5.74, 6) is 1.20. The van der Waals surface area contributed by atoms with Crippen LogP contribution in [0.15, 0.2) is 58.5 Å². The third-order valence-corrected chi connectivity index (χ3v) is 5.46. The molecule has 2 aromatic carbocycles. The summed E-state index contributed by atoms with van der Waals surface area (Å²) < 4.78 is 11.0. The second-order valence-corrected chi connectivity index (χ2v) is 7.76. The van der Waals surface area contributed by atoms with Crippen LogP contribution in [0.2, 0.25) is 0 Å². The van der Waals surface area contributed by atoms with Crippen LogP contribution in [-0.4, -0.2) is 34.8 Å². The molecule has 0 aliphatic carbocycles. The highest BCUT2D eigenvalue weighted by molar-refractivity contribution is 7.99. The topological polar surface area (TPSA) is 93.3 Å². The number of thioether (sulfide) groups is 1. The van der Waals surface area contributed by atoms with Crippen molar-refractivity contribution in [3.8, 4) is 11.5 Å². The van der Waals surface area contributed by atoms with Crippen LogP contribution in [0.5, 0.6) is 11.5 Å². The molecule has 154 valence electrons. The van der Waals surface area contributed by atoms with Gasteiger partial charge >= 0.3 is 0 Å². The summed E-state index contributed by atoms with van der Waals surface area (Å²) in [6.45, 7) is 2.82. The van der Waals surface area contributed by atoms with E-state index in [1.165, 1.54) is 11.8 Å². The zero-order valence-corrected chi connectivity index (χ0v) is 17.3. The molecule has 7 nitrogen and oxygen atoms in total. The highest BCUT2D eigenvalue weighted by Gasteiger charge is 2.14. The Labute approximate surface area is 177 Å². The molecule has 1 aliphatic rings. The van der Waals surface area contributed by atoms with Gasteiger partial charge in [-0.05, 0) is 24.6 Å². The highest BCUT2D eigenvalue weighted by atomic mass is 32.2. The minimum Gasteiger partial charge on any atom is -0.486 e. The van der Waals surface area contributed by atoms with Gasteiger partial charge in [0.15, 0.2) is 16.7 Å². The number of hydrogen-bond donors (Lipinski definition) is 2. The number of H-pyrrole nitrogens is 1. The molecule has 30 heavy (non-hydrogen) atoms. The average molecular weight is 423 g/mol. The number of fused-ring (bicyclic) bond motifs is 1. The molecule has 1 aromatic heterocycles. The molecule has 0 saturated heterocycles. The Morgan fingerprint density at radius 2 is 1.90 bits per heavy atom. The number of aryl methyl sites for hydroxylation is 1. The van der Waals surface area contributed by atoms with Gasteiger partial charge in [-0.25, -0.2) is 4.98 Å². The third-order valence-electron chi connectivity index (χ3n) is 4.59. The number of carbonyl (C=O) groups excluding carboxylic acids is 1. The normalized spacial score (nSPS) is 12.4. The smallest absolute Gasteiger partial charge is 0.255 e. The number of amides is 1. The second kappa shape index (κ2) is 9.04. The van der Waals surface area contributed by atoms with Crippen LogP contribution in [0.25, 0.3) is 0 Å². The number of anilines is 1. The summed E-state index contributed by atoms with van der Waals surface area (Å²) in [7, 11) is 0. The number of rotatable bonds is 6. The monoisotopic (exact) mass is 423 g/mol. The van der Waals surface area contributed by atoms with Gasteiger partial charge in [-0.2, -0.15) is 0 Å². The van der Waals surface area contributed by atoms with Gasteiger partial charge in [0.2, 0.25) is 5.91 Å². The molecule has 0 saturated carbocycles. The van der Waals surface area contributed by atoms with Crippen LogP contribution >= 0.6 is 11.8 Å². The van der Waals surface area contributed by atoms with Crippen molar-refractivity contribution in [3.63, 3.8) is 0 Å². The van der Waals surface area contributed by atoms with Gasteiger partial charge in [-0.1, -0.05) is 42.1 Å². The van der Waals surface area contributed by atoms with Gasteiger partial charge in [0.05, 0.1) is 5.75 Å². The Bertz CT molecular complexity index is 1120. The first-order chi connectivity index (χ1) is 14.6. The van der Waals surface area contributed by atoms with Gasteiger partial charge in [0, 0.05) is 29.4 Å². The van der Waals surface area contributed by atoms with E-state index in [1.807, 2.05) is 37.3 Å². The Morgan fingerprint density at radius 1 is 1.13 bits per heavy atom. The van der Waals surface area contributed by atoms with Gasteiger partial charge in [0.25, 0.3) is 5.56 Å². The van der Waals surface area contributed by atoms with Crippen LogP contribution in [0.1, 0.15) is 16.8 Å². The predicted molar refractivity (Wildman–Crippen MR) is 116 cm³/mol. The van der Waals surface area contributed by atoms with Crippen molar-refractivity contribution in [2.75, 3.05) is 24.3 Å². The lowest BCUT2D eigenvalue weighted by molar-refractivity contribution is -0.113. The van der Waals surface area contributed by atoms with Gasteiger partial charge < -0.3 is 19.8 Å². The molecule has 3 aromatic rings. The zero-order valence-electron chi connectivity index (χ0n) is 16.4. The fourth-order valence-electron chi connectivity index (χ4n) is 3.11. The summed E-state index contributed by atoms with van der Waals surface area (Å²) in [6, 6.07) is 15.0. The molecule has 0 atom stereocenters. The van der Waals surface area contributed by atoms with E-state index in [0.29, 0.717) is 53.2 Å². The number of nitrogens with zero attached hydrogens (tertiary/aromatic N) is 1. The van der Waals surface area contributed by atoms with Gasteiger partial charge in [-0.15, -0.1) is 0 Å². The quantitative estimate of drug-likeness (QED) is 0.467. The lowest BCUT2D eigenvalue weighted by Crippen LogP contribution is -2.19. The fraction of sp³-hybridized carbons (Fsp3) is 0.227. The molecule has 2 heterocycles. The number of nitrogens with one attached hydrogen (secondary N) is 2. The van der Waals surface area contributed by atoms with E-state index in [2.05, 4.69) is 15.3 Å². The van der Waals surface area contributed by atoms with Crippen molar-refractivity contribution in [2.45, 2.75) is 18.5 Å². The Kier molecular flexibility index (Phi) is 6.04. The molecule has 0 bridgehead atoms. The van der Waals surface area contributed by atoms with Crippen molar-refractivity contribution in [2.24, 2.45) is 0 Å². The van der Waals surface area contributed by atoms with E-state index in [1.54, 1.807) is 18.2 Å². The molecule has 8 heteroatoms.